The number of carbonyl (C=O) groups excluding carboxylic acids is 2. The number of ether oxygens (including phenoxy) is 2. The summed E-state index contributed by atoms with van der Waals surface area (Å²) in [6, 6.07) is 17.8. The Labute approximate surface area is 269 Å². The zero-order valence-corrected chi connectivity index (χ0v) is 27.1. The van der Waals surface area contributed by atoms with Crippen LogP contribution in [0.1, 0.15) is 50.4 Å². The number of amides is 2. The number of hydrogen-bond acceptors (Lipinski definition) is 6. The number of methoxy groups -OCH3 is 1. The van der Waals surface area contributed by atoms with E-state index in [1.165, 1.54) is 20.1 Å². The maximum absolute atomic E-state index is 14.0. The van der Waals surface area contributed by atoms with Gasteiger partial charge in [0, 0.05) is 36.8 Å². The van der Waals surface area contributed by atoms with Crippen LogP contribution in [0.5, 0.6) is 11.5 Å². The van der Waals surface area contributed by atoms with E-state index >= 15 is 0 Å². The Balaban J connectivity index is 1.71. The number of para-hydroxylation sites is 2. The number of alkyl halides is 3. The highest BCUT2D eigenvalue weighted by Crippen LogP contribution is 2.39. The molecule has 1 atom stereocenters. The first-order valence-corrected chi connectivity index (χ1v) is 15.7. The van der Waals surface area contributed by atoms with Crippen LogP contribution in [0.2, 0.25) is 0 Å². The van der Waals surface area contributed by atoms with E-state index in [4.69, 9.17) is 9.47 Å². The molecular formula is C35H43F3N4O4. The number of fused-ring (bicyclic) bond motifs is 1. The van der Waals surface area contributed by atoms with Crippen LogP contribution in [-0.4, -0.2) is 75.9 Å². The second-order valence-electron chi connectivity index (χ2n) is 11.5. The van der Waals surface area contributed by atoms with Crippen molar-refractivity contribution in [3.05, 3.63) is 66.2 Å². The van der Waals surface area contributed by atoms with Crippen molar-refractivity contribution in [3.63, 3.8) is 0 Å². The first-order valence-electron chi connectivity index (χ1n) is 15.7. The number of halogens is 3. The van der Waals surface area contributed by atoms with E-state index in [0.717, 1.165) is 43.7 Å². The monoisotopic (exact) mass is 640 g/mol. The van der Waals surface area contributed by atoms with Gasteiger partial charge in [-0.3, -0.25) is 9.59 Å². The Kier molecular flexibility index (Phi) is 11.6. The molecule has 0 aliphatic carbocycles. The Morgan fingerprint density at radius 2 is 1.78 bits per heavy atom. The van der Waals surface area contributed by atoms with Gasteiger partial charge in [-0.25, -0.2) is 0 Å². The number of nitrogens with one attached hydrogen (secondary N) is 1. The van der Waals surface area contributed by atoms with Gasteiger partial charge in [-0.05, 0) is 94.7 Å². The van der Waals surface area contributed by atoms with Gasteiger partial charge in [0.15, 0.2) is 0 Å². The van der Waals surface area contributed by atoms with Gasteiger partial charge in [-0.1, -0.05) is 25.1 Å². The van der Waals surface area contributed by atoms with Gasteiger partial charge in [0.25, 0.3) is 5.91 Å². The van der Waals surface area contributed by atoms with Gasteiger partial charge in [-0.2, -0.15) is 13.2 Å². The van der Waals surface area contributed by atoms with Crippen LogP contribution in [0.25, 0.3) is 11.1 Å². The molecule has 46 heavy (non-hydrogen) atoms. The van der Waals surface area contributed by atoms with Gasteiger partial charge in [-0.15, -0.1) is 0 Å². The molecule has 1 aliphatic heterocycles. The van der Waals surface area contributed by atoms with E-state index in [0.29, 0.717) is 40.5 Å². The maximum Gasteiger partial charge on any atom is 0.471 e. The molecule has 3 aromatic rings. The van der Waals surface area contributed by atoms with Crippen LogP contribution in [-0.2, 0) is 4.79 Å². The van der Waals surface area contributed by atoms with Crippen molar-refractivity contribution in [2.75, 3.05) is 62.1 Å². The standard InChI is InChI=1S/C35H43F3N4O4/c1-6-18-40(4)19-10-21-46-31-23-26(33(43)42-20-17-24(3)39-28-11-8-9-12-29(28)42)13-15-27(31)25-14-16-30(32(22-25)45-5)41(7-2)34(44)35(36,37)38/h8-9,11-16,22-24,39H,6-7,10,17-21H2,1-5H3/t24-/m0/s1. The topological polar surface area (TPSA) is 74.4 Å². The number of carbonyl (C=O) groups is 2. The minimum atomic E-state index is -5.03. The van der Waals surface area contributed by atoms with Gasteiger partial charge in [0.1, 0.15) is 11.5 Å². The Bertz CT molecular complexity index is 1510. The summed E-state index contributed by atoms with van der Waals surface area (Å²) in [5.74, 6) is -1.57. The van der Waals surface area contributed by atoms with Crippen molar-refractivity contribution in [2.45, 2.75) is 52.3 Å². The lowest BCUT2D eigenvalue weighted by Crippen LogP contribution is -2.41. The van der Waals surface area contributed by atoms with Crippen molar-refractivity contribution in [3.8, 4) is 22.6 Å². The highest BCUT2D eigenvalue weighted by Gasteiger charge is 2.43. The third-order valence-electron chi connectivity index (χ3n) is 7.99. The third kappa shape index (κ3) is 8.12. The number of benzene rings is 3. The first kappa shape index (κ1) is 34.6. The predicted octanol–water partition coefficient (Wildman–Crippen LogP) is 7.24. The lowest BCUT2D eigenvalue weighted by molar-refractivity contribution is -0.170. The van der Waals surface area contributed by atoms with E-state index in [1.807, 2.05) is 24.3 Å². The van der Waals surface area contributed by atoms with Crippen LogP contribution < -0.4 is 24.6 Å². The van der Waals surface area contributed by atoms with E-state index < -0.39 is 12.1 Å². The molecule has 1 aliphatic rings. The highest BCUT2D eigenvalue weighted by atomic mass is 19.4. The molecule has 1 heterocycles. The normalized spacial score (nSPS) is 14.7. The number of nitrogens with zero attached hydrogens (tertiary/aromatic N) is 3. The number of hydrogen-bond donors (Lipinski definition) is 1. The fourth-order valence-corrected chi connectivity index (χ4v) is 5.65. The molecule has 248 valence electrons. The number of anilines is 3. The summed E-state index contributed by atoms with van der Waals surface area (Å²) in [6.45, 7) is 8.22. The summed E-state index contributed by atoms with van der Waals surface area (Å²) in [6.07, 6.45) is -2.47. The summed E-state index contributed by atoms with van der Waals surface area (Å²) < 4.78 is 51.7. The van der Waals surface area contributed by atoms with Crippen molar-refractivity contribution in [2.24, 2.45) is 0 Å². The Morgan fingerprint density at radius 1 is 1.02 bits per heavy atom. The molecule has 0 bridgehead atoms. The molecule has 11 heteroatoms. The van der Waals surface area contributed by atoms with Crippen LogP contribution in [0.3, 0.4) is 0 Å². The molecule has 4 rings (SSSR count). The molecule has 0 unspecified atom stereocenters. The average molecular weight is 641 g/mol. The third-order valence-corrected chi connectivity index (χ3v) is 7.99. The van der Waals surface area contributed by atoms with Crippen molar-refractivity contribution >= 4 is 28.9 Å². The van der Waals surface area contributed by atoms with E-state index in [1.54, 1.807) is 35.2 Å². The van der Waals surface area contributed by atoms with Crippen molar-refractivity contribution in [1.82, 2.24) is 4.90 Å². The quantitative estimate of drug-likeness (QED) is 0.211. The van der Waals surface area contributed by atoms with Gasteiger partial charge in [0.2, 0.25) is 0 Å². The number of rotatable bonds is 12. The van der Waals surface area contributed by atoms with Gasteiger partial charge < -0.3 is 29.5 Å². The van der Waals surface area contributed by atoms with E-state index in [9.17, 15) is 22.8 Å². The second kappa shape index (κ2) is 15.4. The predicted molar refractivity (Wildman–Crippen MR) is 176 cm³/mol. The largest absolute Gasteiger partial charge is 0.495 e. The summed E-state index contributed by atoms with van der Waals surface area (Å²) >= 11 is 0. The second-order valence-corrected chi connectivity index (χ2v) is 11.5. The van der Waals surface area contributed by atoms with Gasteiger partial charge >= 0.3 is 12.1 Å². The lowest BCUT2D eigenvalue weighted by Gasteiger charge is -2.25. The molecule has 0 fully saturated rings. The molecule has 0 saturated carbocycles. The molecule has 1 N–H and O–H groups in total. The summed E-state index contributed by atoms with van der Waals surface area (Å²) in [5, 5.41) is 3.47. The van der Waals surface area contributed by atoms with Gasteiger partial charge in [0.05, 0.1) is 30.8 Å². The minimum Gasteiger partial charge on any atom is -0.495 e. The first-order chi connectivity index (χ1) is 22.0. The fraction of sp³-hybridized carbons (Fsp3) is 0.429. The molecule has 8 nitrogen and oxygen atoms in total. The molecule has 0 radical (unpaired) electrons. The van der Waals surface area contributed by atoms with Crippen LogP contribution in [0.4, 0.5) is 30.2 Å². The van der Waals surface area contributed by atoms with E-state index in [2.05, 4.69) is 31.1 Å². The zero-order chi connectivity index (χ0) is 33.4. The highest BCUT2D eigenvalue weighted by molar-refractivity contribution is 6.08. The Morgan fingerprint density at radius 3 is 2.48 bits per heavy atom. The van der Waals surface area contributed by atoms with Crippen molar-refractivity contribution in [1.29, 1.82) is 0 Å². The minimum absolute atomic E-state index is 0.00645. The molecule has 0 aromatic heterocycles. The lowest BCUT2D eigenvalue weighted by atomic mass is 10.0. The molecule has 2 amide bonds. The van der Waals surface area contributed by atoms with Crippen LogP contribution in [0, 0.1) is 0 Å². The maximum atomic E-state index is 14.0. The average Bonchev–Trinajstić information content (AvgIpc) is 3.20. The molecular weight excluding hydrogens is 597 g/mol. The SMILES string of the molecule is CCCN(C)CCCOc1cc(C(=O)N2CC[C@H](C)Nc3ccccc32)ccc1-c1ccc(N(CC)C(=O)C(F)(F)F)c(OC)c1. The zero-order valence-electron chi connectivity index (χ0n) is 27.1. The summed E-state index contributed by atoms with van der Waals surface area (Å²) in [5.41, 5.74) is 3.39. The van der Waals surface area contributed by atoms with E-state index in [-0.39, 0.29) is 29.9 Å². The summed E-state index contributed by atoms with van der Waals surface area (Å²) in [7, 11) is 3.40. The smallest absolute Gasteiger partial charge is 0.471 e. The fourth-order valence-electron chi connectivity index (χ4n) is 5.65. The summed E-state index contributed by atoms with van der Waals surface area (Å²) in [4.78, 5) is 30.8. The molecule has 0 saturated heterocycles. The van der Waals surface area contributed by atoms with Crippen LogP contribution in [0.15, 0.2) is 60.7 Å². The molecule has 0 spiro atoms. The van der Waals surface area contributed by atoms with Crippen LogP contribution >= 0.6 is 0 Å². The Hall–Kier alpha value is -4.25. The molecule has 3 aromatic carbocycles. The van der Waals surface area contributed by atoms with Crippen molar-refractivity contribution < 1.29 is 32.2 Å².